The third-order valence-corrected chi connectivity index (χ3v) is 5.67. The zero-order valence-corrected chi connectivity index (χ0v) is 18.2. The van der Waals surface area contributed by atoms with Crippen LogP contribution in [0, 0.1) is 0 Å². The van der Waals surface area contributed by atoms with Crippen molar-refractivity contribution in [1.82, 2.24) is 29.5 Å². The second-order valence-electron chi connectivity index (χ2n) is 8.27. The molecule has 33 heavy (non-hydrogen) atoms. The number of nitrogens with zero attached hydrogens (tertiary/aromatic N) is 6. The van der Waals surface area contributed by atoms with Gasteiger partial charge in [0, 0.05) is 36.9 Å². The van der Waals surface area contributed by atoms with E-state index in [9.17, 15) is 9.90 Å². The van der Waals surface area contributed by atoms with Crippen molar-refractivity contribution in [3.63, 3.8) is 0 Å². The summed E-state index contributed by atoms with van der Waals surface area (Å²) < 4.78 is 9.00. The first kappa shape index (κ1) is 21.0. The van der Waals surface area contributed by atoms with Crippen molar-refractivity contribution in [3.05, 3.63) is 77.1 Å². The molecule has 0 aliphatic heterocycles. The topological polar surface area (TPSA) is 108 Å². The molecule has 0 bridgehead atoms. The Labute approximate surface area is 190 Å². The predicted octanol–water partition coefficient (Wildman–Crippen LogP) is 2.44. The van der Waals surface area contributed by atoms with Crippen LogP contribution in [0.5, 0.6) is 5.75 Å². The van der Waals surface area contributed by atoms with E-state index in [-0.39, 0.29) is 17.8 Å². The maximum Gasteiger partial charge on any atom is 0.267 e. The summed E-state index contributed by atoms with van der Waals surface area (Å²) in [5.74, 6) is 1.16. The predicted molar refractivity (Wildman–Crippen MR) is 122 cm³/mol. The van der Waals surface area contributed by atoms with E-state index in [0.29, 0.717) is 30.2 Å². The van der Waals surface area contributed by atoms with Crippen LogP contribution in [0.2, 0.25) is 0 Å². The molecule has 3 aromatic heterocycles. The van der Waals surface area contributed by atoms with Crippen LogP contribution in [0.3, 0.4) is 0 Å². The lowest BCUT2D eigenvalue weighted by Gasteiger charge is -2.12. The number of aliphatic hydroxyl groups excluding tert-OH is 1. The van der Waals surface area contributed by atoms with Gasteiger partial charge in [-0.15, -0.1) is 0 Å². The van der Waals surface area contributed by atoms with Crippen LogP contribution in [0.15, 0.2) is 66.0 Å². The molecule has 1 N–H and O–H groups in total. The monoisotopic (exact) mass is 444 g/mol. The Balaban J connectivity index is 1.33. The Morgan fingerprint density at radius 2 is 1.94 bits per heavy atom. The number of benzene rings is 1. The van der Waals surface area contributed by atoms with E-state index in [0.717, 1.165) is 29.5 Å². The lowest BCUT2D eigenvalue weighted by molar-refractivity contribution is 0.149. The Morgan fingerprint density at radius 1 is 1.09 bits per heavy atom. The molecule has 2 atom stereocenters. The highest BCUT2D eigenvalue weighted by atomic mass is 16.5. The summed E-state index contributed by atoms with van der Waals surface area (Å²) in [4.78, 5) is 21.3. The third kappa shape index (κ3) is 4.83. The fourth-order valence-corrected chi connectivity index (χ4v) is 3.99. The number of rotatable bonds is 6. The average Bonchev–Trinajstić information content (AvgIpc) is 3.44. The van der Waals surface area contributed by atoms with Crippen molar-refractivity contribution in [2.45, 2.75) is 38.0 Å². The molecule has 1 aromatic carbocycles. The van der Waals surface area contributed by atoms with E-state index in [1.54, 1.807) is 29.3 Å². The van der Waals surface area contributed by atoms with Crippen LogP contribution in [-0.2, 0) is 13.6 Å². The molecular formula is C24H24N6O3. The molecule has 1 saturated carbocycles. The molecule has 1 aliphatic rings. The minimum atomic E-state index is -0.287. The van der Waals surface area contributed by atoms with Gasteiger partial charge in [-0.3, -0.25) is 9.48 Å². The number of ether oxygens (including phenoxy) is 1. The van der Waals surface area contributed by atoms with Crippen molar-refractivity contribution >= 4 is 0 Å². The zero-order valence-electron chi connectivity index (χ0n) is 18.2. The van der Waals surface area contributed by atoms with Gasteiger partial charge in [0.15, 0.2) is 11.6 Å². The summed E-state index contributed by atoms with van der Waals surface area (Å²) in [5.41, 5.74) is 3.11. The Bertz CT molecular complexity index is 1310. The first-order valence-electron chi connectivity index (χ1n) is 10.9. The van der Waals surface area contributed by atoms with Gasteiger partial charge in [-0.2, -0.15) is 10.2 Å². The first-order valence-corrected chi connectivity index (χ1v) is 10.9. The smallest absolute Gasteiger partial charge is 0.267 e. The van der Waals surface area contributed by atoms with Gasteiger partial charge in [0.25, 0.3) is 5.56 Å². The number of aromatic nitrogens is 6. The average molecular weight is 444 g/mol. The van der Waals surface area contributed by atoms with Crippen molar-refractivity contribution < 1.29 is 9.84 Å². The molecular weight excluding hydrogens is 420 g/mol. The van der Waals surface area contributed by atoms with Gasteiger partial charge in [-0.25, -0.2) is 14.6 Å². The quantitative estimate of drug-likeness (QED) is 0.487. The summed E-state index contributed by atoms with van der Waals surface area (Å²) >= 11 is 0. The van der Waals surface area contributed by atoms with Crippen LogP contribution < -0.4 is 10.3 Å². The fourth-order valence-electron chi connectivity index (χ4n) is 3.99. The number of aliphatic hydroxyl groups is 1. The molecule has 3 heterocycles. The second kappa shape index (κ2) is 8.95. The third-order valence-electron chi connectivity index (χ3n) is 5.67. The molecule has 5 rings (SSSR count). The van der Waals surface area contributed by atoms with Gasteiger partial charge in [-0.1, -0.05) is 18.2 Å². The van der Waals surface area contributed by atoms with E-state index >= 15 is 0 Å². The van der Waals surface area contributed by atoms with Gasteiger partial charge in [0.1, 0.15) is 6.10 Å². The second-order valence-corrected chi connectivity index (χ2v) is 8.27. The lowest BCUT2D eigenvalue weighted by Crippen LogP contribution is -2.22. The summed E-state index contributed by atoms with van der Waals surface area (Å²) in [6, 6.07) is 11.0. The van der Waals surface area contributed by atoms with Crippen molar-refractivity contribution in [2.75, 3.05) is 0 Å². The van der Waals surface area contributed by atoms with Gasteiger partial charge in [-0.05, 0) is 30.5 Å². The van der Waals surface area contributed by atoms with E-state index < -0.39 is 0 Å². The lowest BCUT2D eigenvalue weighted by atomic mass is 10.1. The van der Waals surface area contributed by atoms with E-state index in [2.05, 4.69) is 20.2 Å². The van der Waals surface area contributed by atoms with Gasteiger partial charge < -0.3 is 9.84 Å². The summed E-state index contributed by atoms with van der Waals surface area (Å²) in [6.07, 6.45) is 8.84. The standard InChI is InChI=1S/C24H24N6O3/c1-29-15-18(11-27-29)22-7-8-23(32)30(28-22)14-16-3-2-4-17(9-16)24-25-12-21(13-26-24)33-20-6-5-19(31)10-20/h2-4,7-9,11-13,15,19-20,31H,5-6,10,14H2,1H3. The van der Waals surface area contributed by atoms with E-state index in [1.807, 2.05) is 37.5 Å². The van der Waals surface area contributed by atoms with Crippen molar-refractivity contribution in [2.24, 2.45) is 7.05 Å². The van der Waals surface area contributed by atoms with E-state index in [4.69, 9.17) is 4.74 Å². The highest BCUT2D eigenvalue weighted by Gasteiger charge is 2.24. The highest BCUT2D eigenvalue weighted by molar-refractivity contribution is 5.57. The molecule has 0 saturated heterocycles. The minimum absolute atomic E-state index is 0.00557. The molecule has 168 valence electrons. The van der Waals surface area contributed by atoms with Gasteiger partial charge in [0.05, 0.1) is 36.9 Å². The maximum absolute atomic E-state index is 12.4. The number of hydrogen-bond acceptors (Lipinski definition) is 7. The van der Waals surface area contributed by atoms with Crippen LogP contribution in [-0.4, -0.2) is 46.8 Å². The van der Waals surface area contributed by atoms with Gasteiger partial charge in [0.2, 0.25) is 0 Å². The first-order chi connectivity index (χ1) is 16.0. The summed E-state index contributed by atoms with van der Waals surface area (Å²) in [6.45, 7) is 0.325. The van der Waals surface area contributed by atoms with E-state index in [1.165, 1.54) is 10.7 Å². The Kier molecular flexibility index (Phi) is 5.70. The summed E-state index contributed by atoms with van der Waals surface area (Å²) in [5, 5.41) is 18.3. The van der Waals surface area contributed by atoms with Crippen LogP contribution in [0.4, 0.5) is 0 Å². The van der Waals surface area contributed by atoms with Crippen molar-refractivity contribution in [1.29, 1.82) is 0 Å². The molecule has 0 spiro atoms. The molecule has 9 heteroatoms. The molecule has 1 aliphatic carbocycles. The van der Waals surface area contributed by atoms with Crippen LogP contribution >= 0.6 is 0 Å². The molecule has 4 aromatic rings. The molecule has 9 nitrogen and oxygen atoms in total. The number of aryl methyl sites for hydroxylation is 1. The highest BCUT2D eigenvalue weighted by Crippen LogP contribution is 2.25. The zero-order chi connectivity index (χ0) is 22.8. The molecule has 2 unspecified atom stereocenters. The minimum Gasteiger partial charge on any atom is -0.487 e. The number of hydrogen-bond donors (Lipinski definition) is 1. The molecule has 0 radical (unpaired) electrons. The summed E-state index contributed by atoms with van der Waals surface area (Å²) in [7, 11) is 1.84. The molecule has 0 amide bonds. The normalized spacial score (nSPS) is 17.9. The largest absolute Gasteiger partial charge is 0.487 e. The Hall–Kier alpha value is -3.85. The van der Waals surface area contributed by atoms with Crippen molar-refractivity contribution in [3.8, 4) is 28.4 Å². The maximum atomic E-state index is 12.4. The van der Waals surface area contributed by atoms with Gasteiger partial charge >= 0.3 is 0 Å². The molecule has 1 fully saturated rings. The SMILES string of the molecule is Cn1cc(-c2ccc(=O)n(Cc3cccc(-c4ncc(OC5CCC(O)C5)cn4)c3)n2)cn1. The van der Waals surface area contributed by atoms with Crippen LogP contribution in [0.1, 0.15) is 24.8 Å². The van der Waals surface area contributed by atoms with Crippen LogP contribution in [0.25, 0.3) is 22.6 Å². The Morgan fingerprint density at radius 3 is 2.67 bits per heavy atom. The fraction of sp³-hybridized carbons (Fsp3) is 0.292.